The van der Waals surface area contributed by atoms with E-state index < -0.39 is 17.1 Å². The number of hydrogen-bond acceptors (Lipinski definition) is 6. The summed E-state index contributed by atoms with van der Waals surface area (Å²) in [6, 6.07) is 10.0. The predicted molar refractivity (Wildman–Crippen MR) is 141 cm³/mol. The van der Waals surface area contributed by atoms with Crippen LogP contribution in [0.3, 0.4) is 0 Å². The highest BCUT2D eigenvalue weighted by molar-refractivity contribution is 6.30. The van der Waals surface area contributed by atoms with Gasteiger partial charge < -0.3 is 10.0 Å². The van der Waals surface area contributed by atoms with Gasteiger partial charge >= 0.3 is 11.4 Å². The molecule has 0 amide bonds. The smallest absolute Gasteiger partial charge is 0.335 e. The van der Waals surface area contributed by atoms with E-state index in [1.807, 2.05) is 6.07 Å². The Kier molecular flexibility index (Phi) is 6.05. The number of halogens is 1. The Labute approximate surface area is 210 Å². The first-order chi connectivity index (χ1) is 17.3. The Balaban J connectivity index is 1.67. The predicted octanol–water partition coefficient (Wildman–Crippen LogP) is 2.82. The Morgan fingerprint density at radius 2 is 1.61 bits per heavy atom. The average Bonchev–Trinajstić information content (AvgIpc) is 3.08. The maximum Gasteiger partial charge on any atom is 0.335 e. The van der Waals surface area contributed by atoms with E-state index in [4.69, 9.17) is 11.6 Å². The topological polar surface area (TPSA) is 118 Å². The average molecular weight is 509 g/mol. The molecule has 0 radical (unpaired) electrons. The lowest BCUT2D eigenvalue weighted by Gasteiger charge is -2.30. The maximum absolute atomic E-state index is 12.6. The van der Waals surface area contributed by atoms with Gasteiger partial charge in [0.15, 0.2) is 0 Å². The van der Waals surface area contributed by atoms with Crippen molar-refractivity contribution in [1.29, 1.82) is 0 Å². The molecule has 1 fully saturated rings. The molecule has 2 aromatic carbocycles. The highest BCUT2D eigenvalue weighted by Crippen LogP contribution is 2.35. The van der Waals surface area contributed by atoms with E-state index in [-0.39, 0.29) is 11.3 Å². The molecule has 10 nitrogen and oxygen atoms in total. The van der Waals surface area contributed by atoms with Crippen LogP contribution in [0.2, 0.25) is 5.02 Å². The van der Waals surface area contributed by atoms with Crippen LogP contribution in [0.5, 0.6) is 5.88 Å². The highest BCUT2D eigenvalue weighted by atomic mass is 35.5. The largest absolute Gasteiger partial charge is 0.493 e. The number of aromatic nitrogens is 4. The molecule has 2 aromatic heterocycles. The third-order valence-corrected chi connectivity index (χ3v) is 6.86. The summed E-state index contributed by atoms with van der Waals surface area (Å²) in [5.41, 5.74) is 1.32. The number of aromatic hydroxyl groups is 1. The van der Waals surface area contributed by atoms with Crippen LogP contribution in [0.1, 0.15) is 24.8 Å². The molecule has 0 saturated carbocycles. The van der Waals surface area contributed by atoms with Crippen molar-refractivity contribution in [3.63, 3.8) is 0 Å². The van der Waals surface area contributed by atoms with Gasteiger partial charge in [0.1, 0.15) is 5.56 Å². The molecule has 0 unspecified atom stereocenters. The van der Waals surface area contributed by atoms with E-state index in [0.717, 1.165) is 48.1 Å². The molecule has 36 heavy (non-hydrogen) atoms. The second kappa shape index (κ2) is 9.19. The fraction of sp³-hybridized carbons (Fsp3) is 0.280. The normalized spacial score (nSPS) is 14.2. The van der Waals surface area contributed by atoms with Gasteiger partial charge in [-0.2, -0.15) is 0 Å². The van der Waals surface area contributed by atoms with Crippen LogP contribution in [-0.4, -0.2) is 43.1 Å². The summed E-state index contributed by atoms with van der Waals surface area (Å²) < 4.78 is 4.11. The molecule has 0 spiro atoms. The number of nitrogens with zero attached hydrogens (tertiary/aromatic N) is 5. The SMILES string of the molecule is Cn1c(=O)n(C)c2cc(N3CCCCC3)c(N=Cc3c(O)n(-c4ccc(Cl)cc4)c(=O)[nH]c3=O)cc21. The van der Waals surface area contributed by atoms with Crippen LogP contribution >= 0.6 is 11.6 Å². The summed E-state index contributed by atoms with van der Waals surface area (Å²) in [5.74, 6) is -0.539. The molecular formula is C25H25ClN6O4. The van der Waals surface area contributed by atoms with E-state index in [0.29, 0.717) is 21.9 Å². The summed E-state index contributed by atoms with van der Waals surface area (Å²) in [6.07, 6.45) is 4.48. The number of benzene rings is 2. The lowest BCUT2D eigenvalue weighted by molar-refractivity contribution is 0.430. The van der Waals surface area contributed by atoms with Gasteiger partial charge in [-0.05, 0) is 55.7 Å². The minimum Gasteiger partial charge on any atom is -0.493 e. The van der Waals surface area contributed by atoms with Crippen molar-refractivity contribution in [2.75, 3.05) is 18.0 Å². The van der Waals surface area contributed by atoms with E-state index in [2.05, 4.69) is 14.9 Å². The number of imidazole rings is 1. The number of rotatable bonds is 4. The van der Waals surface area contributed by atoms with Gasteiger partial charge in [0.2, 0.25) is 5.88 Å². The fourth-order valence-electron chi connectivity index (χ4n) is 4.63. The number of aryl methyl sites for hydroxylation is 2. The van der Waals surface area contributed by atoms with Crippen molar-refractivity contribution < 1.29 is 5.11 Å². The Morgan fingerprint density at radius 3 is 2.28 bits per heavy atom. The zero-order valence-corrected chi connectivity index (χ0v) is 20.6. The van der Waals surface area contributed by atoms with Crippen molar-refractivity contribution in [3.05, 3.63) is 78.3 Å². The minimum atomic E-state index is -0.785. The van der Waals surface area contributed by atoms with E-state index >= 15 is 0 Å². The molecule has 1 saturated heterocycles. The first-order valence-corrected chi connectivity index (χ1v) is 12.0. The molecule has 0 bridgehead atoms. The number of aromatic amines is 1. The van der Waals surface area contributed by atoms with Crippen LogP contribution in [0, 0.1) is 0 Å². The second-order valence-electron chi connectivity index (χ2n) is 8.84. The van der Waals surface area contributed by atoms with E-state index in [9.17, 15) is 19.5 Å². The lowest BCUT2D eigenvalue weighted by Crippen LogP contribution is -2.31. The summed E-state index contributed by atoms with van der Waals surface area (Å²) in [4.78, 5) is 46.7. The lowest BCUT2D eigenvalue weighted by atomic mass is 10.1. The van der Waals surface area contributed by atoms with Crippen molar-refractivity contribution in [2.45, 2.75) is 19.3 Å². The Morgan fingerprint density at radius 1 is 0.972 bits per heavy atom. The summed E-state index contributed by atoms with van der Waals surface area (Å²) >= 11 is 5.94. The number of anilines is 1. The zero-order chi connectivity index (χ0) is 25.6. The van der Waals surface area contributed by atoms with Gasteiger partial charge in [0, 0.05) is 38.4 Å². The number of fused-ring (bicyclic) bond motifs is 1. The molecule has 0 atom stereocenters. The highest BCUT2D eigenvalue weighted by Gasteiger charge is 2.19. The first-order valence-electron chi connectivity index (χ1n) is 11.6. The number of nitrogens with one attached hydrogen (secondary N) is 1. The number of H-pyrrole nitrogens is 1. The molecular weight excluding hydrogens is 484 g/mol. The van der Waals surface area contributed by atoms with Crippen LogP contribution in [0.15, 0.2) is 55.8 Å². The minimum absolute atomic E-state index is 0.153. The number of aliphatic imine (C=N–C) groups is 1. The van der Waals surface area contributed by atoms with Gasteiger partial charge in [0.05, 0.1) is 28.1 Å². The van der Waals surface area contributed by atoms with Gasteiger partial charge in [0.25, 0.3) is 5.56 Å². The van der Waals surface area contributed by atoms with E-state index in [1.54, 1.807) is 53.6 Å². The molecule has 11 heteroatoms. The van der Waals surface area contributed by atoms with Gasteiger partial charge in [-0.15, -0.1) is 0 Å². The number of piperidine rings is 1. The van der Waals surface area contributed by atoms with Crippen LogP contribution in [0.4, 0.5) is 11.4 Å². The maximum atomic E-state index is 12.6. The van der Waals surface area contributed by atoms with Crippen molar-refractivity contribution >= 4 is 40.2 Å². The molecule has 2 N–H and O–H groups in total. The molecule has 5 rings (SSSR count). The fourth-order valence-corrected chi connectivity index (χ4v) is 4.76. The van der Waals surface area contributed by atoms with E-state index in [1.165, 1.54) is 6.21 Å². The van der Waals surface area contributed by atoms with Gasteiger partial charge in [-0.1, -0.05) is 11.6 Å². The zero-order valence-electron chi connectivity index (χ0n) is 19.9. The van der Waals surface area contributed by atoms with Gasteiger partial charge in [-0.3, -0.25) is 23.9 Å². The van der Waals surface area contributed by atoms with Crippen LogP contribution in [0.25, 0.3) is 16.7 Å². The van der Waals surface area contributed by atoms with Gasteiger partial charge in [-0.25, -0.2) is 14.2 Å². The molecule has 1 aliphatic heterocycles. The Bertz CT molecular complexity index is 1670. The van der Waals surface area contributed by atoms with Crippen molar-refractivity contribution in [2.24, 2.45) is 19.1 Å². The van der Waals surface area contributed by atoms with Crippen molar-refractivity contribution in [3.8, 4) is 11.6 Å². The molecule has 1 aliphatic rings. The molecule has 3 heterocycles. The third-order valence-electron chi connectivity index (χ3n) is 6.60. The van der Waals surface area contributed by atoms with Crippen molar-refractivity contribution in [1.82, 2.24) is 18.7 Å². The third kappa shape index (κ3) is 4.03. The number of hydrogen-bond donors (Lipinski definition) is 2. The molecule has 4 aromatic rings. The summed E-state index contributed by atoms with van der Waals surface area (Å²) in [5, 5.41) is 11.4. The monoisotopic (exact) mass is 508 g/mol. The molecule has 186 valence electrons. The van der Waals surface area contributed by atoms with Crippen LogP contribution < -0.4 is 21.8 Å². The Hall–Kier alpha value is -4.05. The first kappa shape index (κ1) is 23.7. The summed E-state index contributed by atoms with van der Waals surface area (Å²) in [7, 11) is 3.42. The second-order valence-corrected chi connectivity index (χ2v) is 9.28. The molecule has 0 aliphatic carbocycles. The standard InChI is InChI=1S/C25H25ClN6O4/c1-29-20-12-18(19(31-10-4-3-5-11-31)13-21(20)30(2)25(29)36)27-14-17-22(33)28-24(35)32(23(17)34)16-8-6-15(26)7-9-16/h6-9,12-14,34H,3-5,10-11H2,1-2H3,(H,28,33,35). The van der Waals surface area contributed by atoms with Crippen LogP contribution in [-0.2, 0) is 14.1 Å². The quantitative estimate of drug-likeness (QED) is 0.411. The summed E-state index contributed by atoms with van der Waals surface area (Å²) in [6.45, 7) is 1.70.